The Morgan fingerprint density at radius 3 is 2.21 bits per heavy atom. The Bertz CT molecular complexity index is 918. The van der Waals surface area contributed by atoms with E-state index in [4.69, 9.17) is 9.47 Å². The van der Waals surface area contributed by atoms with Gasteiger partial charge in [0.15, 0.2) is 0 Å². The zero-order chi connectivity index (χ0) is 19.9. The molecule has 0 bridgehead atoms. The van der Waals surface area contributed by atoms with Crippen molar-refractivity contribution in [2.75, 3.05) is 20.8 Å². The largest absolute Gasteiger partial charge is 0.497 e. The molecule has 5 nitrogen and oxygen atoms in total. The summed E-state index contributed by atoms with van der Waals surface area (Å²) < 4.78 is 10.3. The molecule has 0 unspecified atom stereocenters. The molecule has 0 radical (unpaired) electrons. The molecule has 3 rings (SSSR count). The average molecular weight is 397 g/mol. The van der Waals surface area contributed by atoms with Gasteiger partial charge in [0.05, 0.1) is 26.3 Å². The highest BCUT2D eigenvalue weighted by atomic mass is 32.1. The molecule has 0 atom stereocenters. The number of amides is 1. The summed E-state index contributed by atoms with van der Waals surface area (Å²) in [6.07, 6.45) is 1.14. The van der Waals surface area contributed by atoms with Crippen molar-refractivity contribution < 1.29 is 14.3 Å². The SMILES string of the molecule is COc1ccc(CCNC(=O)Cc2sc(-c3ccc(OC)cc3)nc2C)cc1. The summed E-state index contributed by atoms with van der Waals surface area (Å²) in [6.45, 7) is 2.55. The summed E-state index contributed by atoms with van der Waals surface area (Å²) >= 11 is 1.56. The molecule has 146 valence electrons. The molecule has 1 amide bonds. The monoisotopic (exact) mass is 396 g/mol. The van der Waals surface area contributed by atoms with Crippen LogP contribution in [0.1, 0.15) is 16.1 Å². The van der Waals surface area contributed by atoms with Gasteiger partial charge in [-0.3, -0.25) is 4.79 Å². The maximum absolute atomic E-state index is 12.3. The summed E-state index contributed by atoms with van der Waals surface area (Å²) in [6, 6.07) is 15.7. The number of hydrogen-bond donors (Lipinski definition) is 1. The van der Waals surface area contributed by atoms with E-state index in [0.717, 1.165) is 44.6 Å². The molecule has 1 aromatic heterocycles. The Morgan fingerprint density at radius 2 is 1.61 bits per heavy atom. The first-order chi connectivity index (χ1) is 13.6. The van der Waals surface area contributed by atoms with Crippen LogP contribution in [-0.4, -0.2) is 31.7 Å². The maximum Gasteiger partial charge on any atom is 0.225 e. The smallest absolute Gasteiger partial charge is 0.225 e. The van der Waals surface area contributed by atoms with Gasteiger partial charge in [-0.1, -0.05) is 12.1 Å². The number of aromatic nitrogens is 1. The lowest BCUT2D eigenvalue weighted by Crippen LogP contribution is -2.27. The second kappa shape index (κ2) is 9.37. The third kappa shape index (κ3) is 5.10. The summed E-state index contributed by atoms with van der Waals surface area (Å²) in [4.78, 5) is 17.9. The molecule has 0 aliphatic rings. The lowest BCUT2D eigenvalue weighted by molar-refractivity contribution is -0.120. The third-order valence-electron chi connectivity index (χ3n) is 4.45. The summed E-state index contributed by atoms with van der Waals surface area (Å²) in [7, 11) is 3.30. The van der Waals surface area contributed by atoms with Crippen molar-refractivity contribution in [3.05, 3.63) is 64.7 Å². The number of nitrogens with one attached hydrogen (secondary N) is 1. The predicted octanol–water partition coefficient (Wildman–Crippen LogP) is 4.04. The van der Waals surface area contributed by atoms with Crippen molar-refractivity contribution in [1.29, 1.82) is 0 Å². The molecule has 0 aliphatic carbocycles. The minimum Gasteiger partial charge on any atom is -0.497 e. The zero-order valence-electron chi connectivity index (χ0n) is 16.3. The third-order valence-corrected chi connectivity index (χ3v) is 5.65. The van der Waals surface area contributed by atoms with Crippen LogP contribution in [0.2, 0.25) is 0 Å². The lowest BCUT2D eigenvalue weighted by atomic mass is 10.1. The molecule has 2 aromatic carbocycles. The minimum atomic E-state index is 0.0153. The number of methoxy groups -OCH3 is 2. The van der Waals surface area contributed by atoms with Crippen LogP contribution in [-0.2, 0) is 17.6 Å². The number of ether oxygens (including phenoxy) is 2. The number of rotatable bonds is 8. The van der Waals surface area contributed by atoms with E-state index in [1.807, 2.05) is 55.5 Å². The van der Waals surface area contributed by atoms with Gasteiger partial charge in [-0.15, -0.1) is 11.3 Å². The van der Waals surface area contributed by atoms with Crippen molar-refractivity contribution in [2.45, 2.75) is 19.8 Å². The number of carbonyl (C=O) groups is 1. The summed E-state index contributed by atoms with van der Waals surface area (Å²) in [5, 5.41) is 3.91. The van der Waals surface area contributed by atoms with E-state index in [0.29, 0.717) is 13.0 Å². The van der Waals surface area contributed by atoms with Crippen LogP contribution >= 0.6 is 11.3 Å². The van der Waals surface area contributed by atoms with Gasteiger partial charge in [-0.05, 0) is 55.3 Å². The van der Waals surface area contributed by atoms with Gasteiger partial charge in [0.2, 0.25) is 5.91 Å². The molecule has 28 heavy (non-hydrogen) atoms. The van der Waals surface area contributed by atoms with Crippen molar-refractivity contribution >= 4 is 17.2 Å². The lowest BCUT2D eigenvalue weighted by Gasteiger charge is -2.06. The number of aryl methyl sites for hydroxylation is 1. The molecule has 0 spiro atoms. The molecule has 0 saturated heterocycles. The van der Waals surface area contributed by atoms with Gasteiger partial charge in [-0.2, -0.15) is 0 Å². The Kier molecular flexibility index (Phi) is 6.66. The molecule has 0 aliphatic heterocycles. The Hall–Kier alpha value is -2.86. The molecule has 1 heterocycles. The van der Waals surface area contributed by atoms with Gasteiger partial charge < -0.3 is 14.8 Å². The number of thiazole rings is 1. The van der Waals surface area contributed by atoms with Crippen LogP contribution < -0.4 is 14.8 Å². The van der Waals surface area contributed by atoms with Crippen LogP contribution in [0.25, 0.3) is 10.6 Å². The van der Waals surface area contributed by atoms with Crippen molar-refractivity contribution in [2.24, 2.45) is 0 Å². The van der Waals surface area contributed by atoms with E-state index in [9.17, 15) is 4.79 Å². The highest BCUT2D eigenvalue weighted by Crippen LogP contribution is 2.29. The van der Waals surface area contributed by atoms with Gasteiger partial charge in [0.25, 0.3) is 0 Å². The highest BCUT2D eigenvalue weighted by Gasteiger charge is 2.13. The van der Waals surface area contributed by atoms with Crippen molar-refractivity contribution in [3.8, 4) is 22.1 Å². The second-order valence-corrected chi connectivity index (χ2v) is 7.46. The Balaban J connectivity index is 1.54. The maximum atomic E-state index is 12.3. The molecule has 0 saturated carbocycles. The number of benzene rings is 2. The zero-order valence-corrected chi connectivity index (χ0v) is 17.1. The van der Waals surface area contributed by atoms with Crippen LogP contribution in [0.15, 0.2) is 48.5 Å². The van der Waals surface area contributed by atoms with Gasteiger partial charge >= 0.3 is 0 Å². The fourth-order valence-corrected chi connectivity index (χ4v) is 3.86. The van der Waals surface area contributed by atoms with Crippen LogP contribution in [0.3, 0.4) is 0 Å². The molecular formula is C22H24N2O3S. The first-order valence-electron chi connectivity index (χ1n) is 9.09. The minimum absolute atomic E-state index is 0.0153. The quantitative estimate of drug-likeness (QED) is 0.624. The topological polar surface area (TPSA) is 60.5 Å². The summed E-state index contributed by atoms with van der Waals surface area (Å²) in [5.41, 5.74) is 3.10. The van der Waals surface area contributed by atoms with E-state index >= 15 is 0 Å². The molecule has 1 N–H and O–H groups in total. The van der Waals surface area contributed by atoms with Crippen LogP contribution in [0, 0.1) is 6.92 Å². The fraction of sp³-hybridized carbons (Fsp3) is 0.273. The predicted molar refractivity (Wildman–Crippen MR) is 112 cm³/mol. The van der Waals surface area contributed by atoms with E-state index in [1.165, 1.54) is 0 Å². The average Bonchev–Trinajstić information content (AvgIpc) is 3.08. The normalized spacial score (nSPS) is 10.5. The van der Waals surface area contributed by atoms with Crippen LogP contribution in [0.5, 0.6) is 11.5 Å². The first-order valence-corrected chi connectivity index (χ1v) is 9.91. The summed E-state index contributed by atoms with van der Waals surface area (Å²) in [5.74, 6) is 1.66. The molecule has 6 heteroatoms. The second-order valence-electron chi connectivity index (χ2n) is 6.38. The number of carbonyl (C=O) groups excluding carboxylic acids is 1. The van der Waals surface area contributed by atoms with Crippen LogP contribution in [0.4, 0.5) is 0 Å². The standard InChI is InChI=1S/C22H24N2O3S/c1-15-20(28-22(24-15)17-6-10-19(27-3)11-7-17)14-21(25)23-13-12-16-4-8-18(26-2)9-5-16/h4-11H,12-14H2,1-3H3,(H,23,25). The van der Waals surface area contributed by atoms with E-state index < -0.39 is 0 Å². The van der Waals surface area contributed by atoms with E-state index in [-0.39, 0.29) is 5.91 Å². The number of hydrogen-bond acceptors (Lipinski definition) is 5. The Morgan fingerprint density at radius 1 is 1.00 bits per heavy atom. The molecule has 0 fully saturated rings. The molecule has 3 aromatic rings. The first kappa shape index (κ1) is 19.9. The Labute approximate surface area is 169 Å². The van der Waals surface area contributed by atoms with E-state index in [2.05, 4.69) is 10.3 Å². The van der Waals surface area contributed by atoms with Gasteiger partial charge in [-0.25, -0.2) is 4.98 Å². The van der Waals surface area contributed by atoms with Crippen molar-refractivity contribution in [1.82, 2.24) is 10.3 Å². The van der Waals surface area contributed by atoms with Gasteiger partial charge in [0, 0.05) is 17.0 Å². The molecular weight excluding hydrogens is 372 g/mol. The number of nitrogens with zero attached hydrogens (tertiary/aromatic N) is 1. The fourth-order valence-electron chi connectivity index (χ4n) is 2.80. The van der Waals surface area contributed by atoms with Crippen molar-refractivity contribution in [3.63, 3.8) is 0 Å². The highest BCUT2D eigenvalue weighted by molar-refractivity contribution is 7.15. The van der Waals surface area contributed by atoms with Gasteiger partial charge in [0.1, 0.15) is 16.5 Å². The van der Waals surface area contributed by atoms with E-state index in [1.54, 1.807) is 25.6 Å².